The van der Waals surface area contributed by atoms with Gasteiger partial charge in [-0.3, -0.25) is 4.79 Å². The number of carbonyl (C=O) groups excluding carboxylic acids is 1. The highest BCUT2D eigenvalue weighted by Gasteiger charge is 2.38. The largest absolute Gasteiger partial charge is 0.490 e. The van der Waals surface area contributed by atoms with E-state index in [9.17, 15) is 22.8 Å². The lowest BCUT2D eigenvalue weighted by molar-refractivity contribution is -0.192. The van der Waals surface area contributed by atoms with Gasteiger partial charge in [-0.2, -0.15) is 18.3 Å². The predicted octanol–water partition coefficient (Wildman–Crippen LogP) is 1.55. The Hall–Kier alpha value is -3.67. The van der Waals surface area contributed by atoms with Crippen molar-refractivity contribution in [3.63, 3.8) is 0 Å². The maximum atomic E-state index is 12.6. The third-order valence-electron chi connectivity index (χ3n) is 4.32. The van der Waals surface area contributed by atoms with Crippen LogP contribution in [0.1, 0.15) is 21.5 Å². The molecule has 0 atom stereocenters. The van der Waals surface area contributed by atoms with Crippen molar-refractivity contribution >= 4 is 23.2 Å². The number of nitrogens with zero attached hydrogens (tertiary/aromatic N) is 2. The second-order valence-corrected chi connectivity index (χ2v) is 6.27. The van der Waals surface area contributed by atoms with E-state index in [1.165, 1.54) is 9.96 Å². The molecule has 0 radical (unpaired) electrons. The summed E-state index contributed by atoms with van der Waals surface area (Å²) >= 11 is 0. The number of carboxylic acids is 1. The quantitative estimate of drug-likeness (QED) is 0.495. The summed E-state index contributed by atoms with van der Waals surface area (Å²) in [6.07, 6.45) is -2.56. The molecule has 30 heavy (non-hydrogen) atoms. The highest BCUT2D eigenvalue weighted by molar-refractivity contribution is 6.08. The van der Waals surface area contributed by atoms with Crippen molar-refractivity contribution in [2.24, 2.45) is 0 Å². The van der Waals surface area contributed by atoms with E-state index in [4.69, 9.17) is 9.90 Å². The van der Waals surface area contributed by atoms with Crippen molar-refractivity contribution in [1.29, 1.82) is 0 Å². The first-order valence-corrected chi connectivity index (χ1v) is 8.67. The van der Waals surface area contributed by atoms with Crippen molar-refractivity contribution in [3.05, 3.63) is 63.7 Å². The molecule has 9 nitrogen and oxygen atoms in total. The molecule has 158 valence electrons. The van der Waals surface area contributed by atoms with Gasteiger partial charge in [0.15, 0.2) is 5.65 Å². The highest BCUT2D eigenvalue weighted by atomic mass is 19.4. The van der Waals surface area contributed by atoms with Gasteiger partial charge in [0, 0.05) is 18.4 Å². The van der Waals surface area contributed by atoms with Crippen LogP contribution >= 0.6 is 0 Å². The monoisotopic (exact) mass is 423 g/mol. The number of carbonyl (C=O) groups is 2. The number of hydrogen-bond acceptors (Lipinski definition) is 5. The minimum atomic E-state index is -5.08. The number of rotatable bonds is 2. The number of carboxylic acid groups (broad SMARTS) is 1. The molecule has 0 aliphatic carbocycles. The van der Waals surface area contributed by atoms with E-state index in [0.29, 0.717) is 11.2 Å². The number of anilines is 1. The lowest BCUT2D eigenvalue weighted by Gasteiger charge is -2.20. The van der Waals surface area contributed by atoms with E-state index in [1.54, 1.807) is 18.3 Å². The first-order valence-electron chi connectivity index (χ1n) is 8.67. The van der Waals surface area contributed by atoms with Crippen molar-refractivity contribution in [3.8, 4) is 0 Å². The molecule has 0 unspecified atom stereocenters. The van der Waals surface area contributed by atoms with Crippen LogP contribution in [0.5, 0.6) is 0 Å². The summed E-state index contributed by atoms with van der Waals surface area (Å²) in [5, 5.41) is 19.7. The first-order chi connectivity index (χ1) is 14.2. The van der Waals surface area contributed by atoms with Gasteiger partial charge >= 0.3 is 17.8 Å². The number of aliphatic carboxylic acids is 1. The molecule has 2 aromatic heterocycles. The zero-order valence-corrected chi connectivity index (χ0v) is 15.3. The lowest BCUT2D eigenvalue weighted by Crippen LogP contribution is -2.25. The number of pyridine rings is 1. The van der Waals surface area contributed by atoms with Gasteiger partial charge in [-0.1, -0.05) is 12.1 Å². The Morgan fingerprint density at radius 2 is 1.93 bits per heavy atom. The van der Waals surface area contributed by atoms with Crippen molar-refractivity contribution in [2.75, 3.05) is 11.9 Å². The van der Waals surface area contributed by atoms with E-state index in [-0.39, 0.29) is 11.6 Å². The van der Waals surface area contributed by atoms with Crippen molar-refractivity contribution in [2.45, 2.75) is 19.1 Å². The van der Waals surface area contributed by atoms with Crippen LogP contribution in [-0.2, 0) is 17.8 Å². The molecule has 4 N–H and O–H groups in total. The molecular formula is C18H16F3N5O4. The number of halogens is 3. The number of nitrogens with one attached hydrogen (secondary N) is 3. The van der Waals surface area contributed by atoms with Crippen LogP contribution in [0.3, 0.4) is 0 Å². The number of aromatic nitrogens is 3. The predicted molar refractivity (Wildman–Crippen MR) is 99.3 cm³/mol. The SMILES string of the molecule is O=C(Nc1cccc2c1CNCC2)c1cccn2c(=O)[nH]nc12.O=C(O)C(F)(F)F. The van der Waals surface area contributed by atoms with Gasteiger partial charge in [-0.25, -0.2) is 19.1 Å². The topological polar surface area (TPSA) is 129 Å². The van der Waals surface area contributed by atoms with E-state index in [1.807, 2.05) is 12.1 Å². The summed E-state index contributed by atoms with van der Waals surface area (Å²) in [5.74, 6) is -3.04. The van der Waals surface area contributed by atoms with Crippen LogP contribution in [0.2, 0.25) is 0 Å². The van der Waals surface area contributed by atoms with Gasteiger partial charge < -0.3 is 15.7 Å². The summed E-state index contributed by atoms with van der Waals surface area (Å²) in [5.41, 5.74) is 3.45. The molecule has 0 saturated heterocycles. The molecule has 4 rings (SSSR count). The zero-order valence-electron chi connectivity index (χ0n) is 15.3. The van der Waals surface area contributed by atoms with E-state index in [2.05, 4.69) is 26.9 Å². The van der Waals surface area contributed by atoms with Gasteiger partial charge in [0.05, 0.1) is 5.56 Å². The molecule has 1 aliphatic rings. The van der Waals surface area contributed by atoms with Crippen LogP contribution < -0.4 is 16.3 Å². The molecule has 0 fully saturated rings. The number of hydrogen-bond donors (Lipinski definition) is 4. The van der Waals surface area contributed by atoms with Crippen molar-refractivity contribution < 1.29 is 27.9 Å². The summed E-state index contributed by atoms with van der Waals surface area (Å²) in [6.45, 7) is 1.68. The second kappa shape index (κ2) is 8.37. The molecule has 1 aliphatic heterocycles. The molecule has 12 heteroatoms. The van der Waals surface area contributed by atoms with Gasteiger partial charge in [-0.15, -0.1) is 0 Å². The molecule has 3 aromatic rings. The minimum Gasteiger partial charge on any atom is -0.475 e. The van der Waals surface area contributed by atoms with Crippen LogP contribution in [0, 0.1) is 0 Å². The van der Waals surface area contributed by atoms with Crippen LogP contribution in [0.25, 0.3) is 5.65 Å². The summed E-state index contributed by atoms with van der Waals surface area (Å²) < 4.78 is 33.1. The first kappa shape index (κ1) is 21.0. The third-order valence-corrected chi connectivity index (χ3v) is 4.32. The fourth-order valence-corrected chi connectivity index (χ4v) is 2.93. The molecule has 0 saturated carbocycles. The second-order valence-electron chi connectivity index (χ2n) is 6.27. The average molecular weight is 423 g/mol. The number of benzene rings is 1. The maximum Gasteiger partial charge on any atom is 0.490 e. The smallest absolute Gasteiger partial charge is 0.475 e. The Balaban J connectivity index is 0.000000318. The maximum absolute atomic E-state index is 12.6. The summed E-state index contributed by atoms with van der Waals surface area (Å²) in [4.78, 5) is 33.1. The number of alkyl halides is 3. The fraction of sp³-hybridized carbons (Fsp3) is 0.222. The zero-order chi connectivity index (χ0) is 21.9. The Bertz CT molecular complexity index is 1150. The third kappa shape index (κ3) is 4.49. The van der Waals surface area contributed by atoms with Crippen LogP contribution in [-0.4, -0.2) is 44.3 Å². The van der Waals surface area contributed by atoms with E-state index >= 15 is 0 Å². The van der Waals surface area contributed by atoms with E-state index < -0.39 is 12.1 Å². The Labute approximate surface area is 166 Å². The normalized spacial score (nSPS) is 13.2. The Kier molecular flexibility index (Phi) is 5.87. The number of fused-ring (bicyclic) bond motifs is 2. The molecule has 0 spiro atoms. The molecule has 1 amide bonds. The number of aromatic amines is 1. The molecule has 3 heterocycles. The van der Waals surface area contributed by atoms with Gasteiger partial charge in [0.25, 0.3) is 5.91 Å². The summed E-state index contributed by atoms with van der Waals surface area (Å²) in [7, 11) is 0. The number of H-pyrrole nitrogens is 1. The van der Waals surface area contributed by atoms with Crippen LogP contribution in [0.4, 0.5) is 18.9 Å². The van der Waals surface area contributed by atoms with Crippen molar-refractivity contribution in [1.82, 2.24) is 19.9 Å². The standard InChI is InChI=1S/C16H15N5O2.C2HF3O2/c22-15(11-4-2-8-21-14(11)19-20-16(21)23)18-13-5-1-3-10-6-7-17-9-12(10)13;3-2(4,5)1(6)7/h1-5,8,17H,6-7,9H2,(H,18,22)(H,20,23);(H,6,7). The van der Waals surface area contributed by atoms with Gasteiger partial charge in [0.1, 0.15) is 0 Å². The Morgan fingerprint density at radius 3 is 2.63 bits per heavy atom. The lowest BCUT2D eigenvalue weighted by atomic mass is 9.99. The minimum absolute atomic E-state index is 0.284. The average Bonchev–Trinajstić information content (AvgIpc) is 3.09. The number of amides is 1. The van der Waals surface area contributed by atoms with Gasteiger partial charge in [-0.05, 0) is 42.3 Å². The van der Waals surface area contributed by atoms with Crippen LogP contribution in [0.15, 0.2) is 41.3 Å². The molecule has 0 bridgehead atoms. The fourth-order valence-electron chi connectivity index (χ4n) is 2.93. The summed E-state index contributed by atoms with van der Waals surface area (Å²) in [6, 6.07) is 9.22. The van der Waals surface area contributed by atoms with E-state index in [0.717, 1.165) is 30.8 Å². The molecule has 1 aromatic carbocycles. The highest BCUT2D eigenvalue weighted by Crippen LogP contribution is 2.23. The molecular weight excluding hydrogens is 407 g/mol. The Morgan fingerprint density at radius 1 is 1.20 bits per heavy atom. The van der Waals surface area contributed by atoms with Gasteiger partial charge in [0.2, 0.25) is 0 Å².